The Morgan fingerprint density at radius 3 is 2.29 bits per heavy atom. The van der Waals surface area contributed by atoms with Gasteiger partial charge in [0.15, 0.2) is 12.4 Å². The van der Waals surface area contributed by atoms with Gasteiger partial charge in [-0.3, -0.25) is 19.3 Å². The fraction of sp³-hybridized carbons (Fsp3) is 0.621. The average molecular weight is 590 g/mol. The number of hydrogen-bond acceptors (Lipinski definition) is 11. The lowest BCUT2D eigenvalue weighted by atomic mass is 10.0. The number of likely N-dealkylation sites (tertiary alicyclic amines) is 1. The second-order valence-corrected chi connectivity index (χ2v) is 10.6. The summed E-state index contributed by atoms with van der Waals surface area (Å²) >= 11 is 0. The first-order valence-electron chi connectivity index (χ1n) is 14.4. The zero-order valence-corrected chi connectivity index (χ0v) is 24.2. The minimum absolute atomic E-state index is 0.0187. The Balaban J connectivity index is 1.16. The van der Waals surface area contributed by atoms with Crippen LogP contribution >= 0.6 is 0 Å². The van der Waals surface area contributed by atoms with Crippen molar-refractivity contribution in [3.05, 3.63) is 29.8 Å². The van der Waals surface area contributed by atoms with E-state index in [0.717, 1.165) is 0 Å². The number of carbonyl (C=O) groups excluding carboxylic acids is 5. The maximum absolute atomic E-state index is 12.9. The summed E-state index contributed by atoms with van der Waals surface area (Å²) in [5.41, 5.74) is 0.449. The van der Waals surface area contributed by atoms with Gasteiger partial charge in [-0.1, -0.05) is 0 Å². The van der Waals surface area contributed by atoms with Crippen molar-refractivity contribution in [3.8, 4) is 5.75 Å². The molecule has 3 fully saturated rings. The minimum Gasteiger partial charge on any atom is -0.482 e. The van der Waals surface area contributed by atoms with Gasteiger partial charge in [-0.25, -0.2) is 9.59 Å². The van der Waals surface area contributed by atoms with Crippen molar-refractivity contribution in [1.29, 1.82) is 0 Å². The second-order valence-electron chi connectivity index (χ2n) is 10.6. The molecule has 0 N–H and O–H groups in total. The number of amides is 2. The first kappa shape index (κ1) is 31.2. The predicted octanol–water partition coefficient (Wildman–Crippen LogP) is 1.62. The standard InChI is InChI=1S/C29H39N3O10/c1-20(33)40-21(2)41-29(37)30-11-7-23(8-12-30)31-13-14-32(27(35)18-31)17-26(34)22-3-5-24(6-4-22)39-19-28(36)42-25-9-15-38-16-10-25/h3-6,21,23,25H,7-19H2,1-2H3. The Morgan fingerprint density at radius 1 is 0.952 bits per heavy atom. The highest BCUT2D eigenvalue weighted by Crippen LogP contribution is 2.21. The number of hydrogen-bond donors (Lipinski definition) is 0. The smallest absolute Gasteiger partial charge is 0.412 e. The van der Waals surface area contributed by atoms with Gasteiger partial charge < -0.3 is 33.5 Å². The number of carbonyl (C=O) groups is 5. The molecule has 13 nitrogen and oxygen atoms in total. The summed E-state index contributed by atoms with van der Waals surface area (Å²) in [4.78, 5) is 66.3. The van der Waals surface area contributed by atoms with Gasteiger partial charge in [0.2, 0.25) is 12.2 Å². The highest BCUT2D eigenvalue weighted by atomic mass is 16.7. The summed E-state index contributed by atoms with van der Waals surface area (Å²) in [5, 5.41) is 0. The summed E-state index contributed by atoms with van der Waals surface area (Å²) in [6, 6.07) is 6.62. The van der Waals surface area contributed by atoms with Crippen molar-refractivity contribution in [2.45, 2.75) is 58.0 Å². The van der Waals surface area contributed by atoms with E-state index in [-0.39, 0.29) is 43.5 Å². The second kappa shape index (κ2) is 15.0. The van der Waals surface area contributed by atoms with Crippen LogP contribution in [-0.2, 0) is 33.3 Å². The quantitative estimate of drug-likeness (QED) is 0.223. The largest absolute Gasteiger partial charge is 0.482 e. The van der Waals surface area contributed by atoms with Crippen molar-refractivity contribution >= 4 is 29.7 Å². The lowest BCUT2D eigenvalue weighted by Gasteiger charge is -2.42. The monoisotopic (exact) mass is 589 g/mol. The number of nitrogens with zero attached hydrogens (tertiary/aromatic N) is 3. The highest BCUT2D eigenvalue weighted by Gasteiger charge is 2.33. The van der Waals surface area contributed by atoms with E-state index < -0.39 is 24.3 Å². The molecular weight excluding hydrogens is 550 g/mol. The third-order valence-corrected chi connectivity index (χ3v) is 7.52. The van der Waals surface area contributed by atoms with Crippen LogP contribution in [0.3, 0.4) is 0 Å². The summed E-state index contributed by atoms with van der Waals surface area (Å²) in [6.45, 7) is 5.88. The molecule has 1 atom stereocenters. The van der Waals surface area contributed by atoms with Gasteiger partial charge >= 0.3 is 18.0 Å². The molecule has 0 saturated carbocycles. The van der Waals surface area contributed by atoms with E-state index in [2.05, 4.69) is 4.90 Å². The maximum atomic E-state index is 12.9. The highest BCUT2D eigenvalue weighted by molar-refractivity contribution is 5.99. The molecule has 3 aliphatic rings. The summed E-state index contributed by atoms with van der Waals surface area (Å²) < 4.78 is 26.1. The average Bonchev–Trinajstić information content (AvgIpc) is 2.97. The molecular formula is C29H39N3O10. The first-order valence-corrected chi connectivity index (χ1v) is 14.4. The molecule has 1 aromatic rings. The molecule has 0 aliphatic carbocycles. The predicted molar refractivity (Wildman–Crippen MR) is 147 cm³/mol. The van der Waals surface area contributed by atoms with Crippen LogP contribution in [0.1, 0.15) is 49.9 Å². The van der Waals surface area contributed by atoms with Gasteiger partial charge in [0.05, 0.1) is 26.3 Å². The topological polar surface area (TPSA) is 141 Å². The van der Waals surface area contributed by atoms with Crippen molar-refractivity contribution in [1.82, 2.24) is 14.7 Å². The van der Waals surface area contributed by atoms with E-state index in [9.17, 15) is 24.0 Å². The number of rotatable bonds is 10. The van der Waals surface area contributed by atoms with Crippen molar-refractivity contribution in [2.75, 3.05) is 59.1 Å². The van der Waals surface area contributed by atoms with Gasteiger partial charge in [0.1, 0.15) is 11.9 Å². The molecule has 230 valence electrons. The zero-order valence-electron chi connectivity index (χ0n) is 24.2. The van der Waals surface area contributed by atoms with Gasteiger partial charge in [-0.15, -0.1) is 0 Å². The molecule has 4 rings (SSSR count). The number of ketones is 1. The number of piperidine rings is 1. The van der Waals surface area contributed by atoms with Crippen molar-refractivity contribution < 1.29 is 47.7 Å². The molecule has 0 spiro atoms. The SMILES string of the molecule is CC(=O)OC(C)OC(=O)N1CCC(N2CCN(CC(=O)c3ccc(OCC(=O)OC4CCOCC4)cc3)C(=O)C2)CC1. The number of esters is 2. The van der Waals surface area contributed by atoms with E-state index in [1.54, 1.807) is 34.1 Å². The molecule has 0 aromatic heterocycles. The summed E-state index contributed by atoms with van der Waals surface area (Å²) in [6.07, 6.45) is 1.10. The molecule has 13 heteroatoms. The van der Waals surface area contributed by atoms with Crippen LogP contribution in [0.5, 0.6) is 5.75 Å². The van der Waals surface area contributed by atoms with Crippen LogP contribution in [0.15, 0.2) is 24.3 Å². The molecule has 0 bridgehead atoms. The van der Waals surface area contributed by atoms with Gasteiger partial charge in [0.25, 0.3) is 0 Å². The number of piperazine rings is 1. The molecule has 3 saturated heterocycles. The lowest BCUT2D eigenvalue weighted by molar-refractivity contribution is -0.163. The Hall–Kier alpha value is -3.71. The van der Waals surface area contributed by atoms with Crippen LogP contribution in [-0.4, -0.2) is 122 Å². The molecule has 3 heterocycles. The molecule has 1 unspecified atom stereocenters. The fourth-order valence-corrected chi connectivity index (χ4v) is 5.25. The van der Waals surface area contributed by atoms with Gasteiger partial charge in [0, 0.05) is 64.5 Å². The molecule has 2 amide bonds. The lowest BCUT2D eigenvalue weighted by Crippen LogP contribution is -2.56. The van der Waals surface area contributed by atoms with Gasteiger partial charge in [-0.05, 0) is 37.1 Å². The third-order valence-electron chi connectivity index (χ3n) is 7.52. The Kier molecular flexibility index (Phi) is 11.1. The summed E-state index contributed by atoms with van der Waals surface area (Å²) in [7, 11) is 0. The zero-order chi connectivity index (χ0) is 30.1. The van der Waals surface area contributed by atoms with Crippen LogP contribution in [0.25, 0.3) is 0 Å². The van der Waals surface area contributed by atoms with E-state index in [1.807, 2.05) is 0 Å². The van der Waals surface area contributed by atoms with Crippen molar-refractivity contribution in [2.24, 2.45) is 0 Å². The fourth-order valence-electron chi connectivity index (χ4n) is 5.25. The van der Waals surface area contributed by atoms with Crippen LogP contribution in [0, 0.1) is 0 Å². The Bertz CT molecular complexity index is 1110. The summed E-state index contributed by atoms with van der Waals surface area (Å²) in [5.74, 6) is -0.826. The third kappa shape index (κ3) is 9.15. The molecule has 42 heavy (non-hydrogen) atoms. The van der Waals surface area contributed by atoms with Crippen LogP contribution in [0.2, 0.25) is 0 Å². The van der Waals surface area contributed by atoms with E-state index >= 15 is 0 Å². The van der Waals surface area contributed by atoms with Crippen LogP contribution in [0.4, 0.5) is 4.79 Å². The van der Waals surface area contributed by atoms with E-state index in [1.165, 1.54) is 13.8 Å². The number of ether oxygens (including phenoxy) is 5. The Morgan fingerprint density at radius 2 is 1.64 bits per heavy atom. The first-order chi connectivity index (χ1) is 20.2. The maximum Gasteiger partial charge on any atom is 0.412 e. The molecule has 3 aliphatic heterocycles. The van der Waals surface area contributed by atoms with Crippen LogP contribution < -0.4 is 4.74 Å². The Labute approximate surface area is 244 Å². The van der Waals surface area contributed by atoms with E-state index in [4.69, 9.17) is 23.7 Å². The molecule has 0 radical (unpaired) electrons. The number of Topliss-reactive ketones (excluding diaryl/α,β-unsaturated/α-hetero) is 1. The molecule has 1 aromatic carbocycles. The van der Waals surface area contributed by atoms with Gasteiger partial charge in [-0.2, -0.15) is 0 Å². The number of benzene rings is 1. The van der Waals surface area contributed by atoms with E-state index in [0.29, 0.717) is 76.4 Å². The van der Waals surface area contributed by atoms with Crippen molar-refractivity contribution in [3.63, 3.8) is 0 Å². The normalized spacial score (nSPS) is 19.6. The minimum atomic E-state index is -0.953.